The van der Waals surface area contributed by atoms with Crippen LogP contribution in [0.25, 0.3) is 10.9 Å². The molecular formula is C23H29F2N3O4. The first-order chi connectivity index (χ1) is 15.1. The number of nitrogens with zero attached hydrogens (tertiary/aromatic N) is 2. The van der Waals surface area contributed by atoms with Crippen molar-refractivity contribution in [3.8, 4) is 0 Å². The summed E-state index contributed by atoms with van der Waals surface area (Å²) < 4.78 is 38.5. The number of hydrogen-bond donors (Lipinski definition) is 2. The van der Waals surface area contributed by atoms with Crippen LogP contribution in [-0.2, 0) is 4.74 Å². The largest absolute Gasteiger partial charge is 0.477 e. The van der Waals surface area contributed by atoms with Crippen molar-refractivity contribution in [2.24, 2.45) is 5.73 Å². The number of ether oxygens (including phenoxy) is 1. The monoisotopic (exact) mass is 449 g/mol. The van der Waals surface area contributed by atoms with Gasteiger partial charge in [-0.3, -0.25) is 4.79 Å². The van der Waals surface area contributed by atoms with Crippen molar-refractivity contribution in [3.63, 3.8) is 0 Å². The Morgan fingerprint density at radius 2 is 1.94 bits per heavy atom. The quantitative estimate of drug-likeness (QED) is 0.742. The van der Waals surface area contributed by atoms with Crippen LogP contribution in [0.5, 0.6) is 0 Å². The molecule has 1 aliphatic carbocycles. The molecule has 2 aliphatic rings. The summed E-state index contributed by atoms with van der Waals surface area (Å²) in [7, 11) is 0. The Balaban J connectivity index is 1.92. The van der Waals surface area contributed by atoms with E-state index in [0.29, 0.717) is 0 Å². The summed E-state index contributed by atoms with van der Waals surface area (Å²) in [6, 6.07) is 0.818. The lowest BCUT2D eigenvalue weighted by molar-refractivity contribution is -0.000553. The van der Waals surface area contributed by atoms with Crippen molar-refractivity contribution < 1.29 is 23.4 Å². The van der Waals surface area contributed by atoms with Crippen LogP contribution < -0.4 is 16.1 Å². The van der Waals surface area contributed by atoms with E-state index in [1.165, 1.54) is 6.20 Å². The van der Waals surface area contributed by atoms with Crippen LogP contribution in [0.3, 0.4) is 0 Å². The molecule has 1 aliphatic heterocycles. The molecule has 1 saturated heterocycles. The van der Waals surface area contributed by atoms with Gasteiger partial charge < -0.3 is 25.0 Å². The number of morpholine rings is 1. The number of aromatic carboxylic acids is 1. The fourth-order valence-corrected chi connectivity index (χ4v) is 4.82. The minimum absolute atomic E-state index is 0.0432. The summed E-state index contributed by atoms with van der Waals surface area (Å²) in [5.74, 6) is -3.16. The van der Waals surface area contributed by atoms with Gasteiger partial charge in [-0.1, -0.05) is 19.3 Å². The number of hydrogen-bond acceptors (Lipinski definition) is 5. The number of carboxylic acid groups (broad SMARTS) is 1. The third-order valence-corrected chi connectivity index (χ3v) is 6.59. The van der Waals surface area contributed by atoms with Crippen LogP contribution >= 0.6 is 0 Å². The Morgan fingerprint density at radius 3 is 2.56 bits per heavy atom. The number of aromatic nitrogens is 1. The van der Waals surface area contributed by atoms with Gasteiger partial charge in [0.1, 0.15) is 17.1 Å². The van der Waals surface area contributed by atoms with Crippen LogP contribution in [0.15, 0.2) is 17.1 Å². The van der Waals surface area contributed by atoms with E-state index in [0.717, 1.165) is 38.2 Å². The first kappa shape index (κ1) is 22.7. The number of benzene rings is 1. The van der Waals surface area contributed by atoms with Gasteiger partial charge in [0.2, 0.25) is 5.43 Å². The van der Waals surface area contributed by atoms with E-state index in [1.807, 2.05) is 0 Å². The number of rotatable bonds is 4. The summed E-state index contributed by atoms with van der Waals surface area (Å²) in [5, 5.41) is 9.26. The Bertz CT molecular complexity index is 1100. The Labute approximate surface area is 184 Å². The fourth-order valence-electron chi connectivity index (χ4n) is 4.82. The summed E-state index contributed by atoms with van der Waals surface area (Å²) >= 11 is 0. The van der Waals surface area contributed by atoms with Crippen LogP contribution in [0.1, 0.15) is 62.4 Å². The van der Waals surface area contributed by atoms with E-state index >= 15 is 8.78 Å². The van der Waals surface area contributed by atoms with Crippen molar-refractivity contribution in [2.45, 2.75) is 63.6 Å². The molecule has 0 amide bonds. The molecule has 1 atom stereocenters. The first-order valence-corrected chi connectivity index (χ1v) is 11.0. The predicted molar refractivity (Wildman–Crippen MR) is 117 cm³/mol. The highest BCUT2D eigenvalue weighted by Crippen LogP contribution is 2.36. The van der Waals surface area contributed by atoms with Gasteiger partial charge in [-0.2, -0.15) is 0 Å². The maximum absolute atomic E-state index is 16.0. The highest BCUT2D eigenvalue weighted by atomic mass is 19.1. The van der Waals surface area contributed by atoms with E-state index in [4.69, 9.17) is 10.5 Å². The topological polar surface area (TPSA) is 97.8 Å². The molecule has 2 heterocycles. The van der Waals surface area contributed by atoms with Crippen molar-refractivity contribution >= 4 is 22.6 Å². The number of pyridine rings is 1. The van der Waals surface area contributed by atoms with Crippen molar-refractivity contribution in [1.82, 2.24) is 4.57 Å². The zero-order valence-electron chi connectivity index (χ0n) is 18.4. The van der Waals surface area contributed by atoms with E-state index in [-0.39, 0.29) is 42.3 Å². The molecular weight excluding hydrogens is 420 g/mol. The molecule has 4 rings (SSSR count). The number of carbonyl (C=O) groups is 1. The lowest BCUT2D eigenvalue weighted by atomic mass is 9.94. The first-order valence-electron chi connectivity index (χ1n) is 11.0. The molecule has 1 saturated carbocycles. The summed E-state index contributed by atoms with van der Waals surface area (Å²) in [5.41, 5.74) is 3.82. The number of fused-ring (bicyclic) bond motifs is 1. The Kier molecular flexibility index (Phi) is 5.98. The molecule has 0 radical (unpaired) electrons. The standard InChI is InChI=1S/C23H29F2N3O4/c1-23(2,26)17-12-27(8-9-32-17)20-16(24)10-14-19(18(20)25)28(13-6-4-3-5-7-13)11-15(21(14)29)22(30)31/h10-11,13,17H,3-9,12,26H2,1-2H3,(H,30,31). The van der Waals surface area contributed by atoms with E-state index < -0.39 is 40.2 Å². The number of halogens is 2. The molecule has 3 N–H and O–H groups in total. The van der Waals surface area contributed by atoms with Crippen molar-refractivity contribution in [1.29, 1.82) is 0 Å². The Hall–Kier alpha value is -2.52. The fraction of sp³-hybridized carbons (Fsp3) is 0.565. The van der Waals surface area contributed by atoms with Gasteiger partial charge in [-0.05, 0) is 32.8 Å². The summed E-state index contributed by atoms with van der Waals surface area (Å²) in [6.07, 6.45) is 5.17. The molecule has 1 unspecified atom stereocenters. The highest BCUT2D eigenvalue weighted by molar-refractivity contribution is 5.94. The van der Waals surface area contributed by atoms with Crippen molar-refractivity contribution in [3.05, 3.63) is 39.7 Å². The molecule has 32 heavy (non-hydrogen) atoms. The minimum atomic E-state index is -1.41. The summed E-state index contributed by atoms with van der Waals surface area (Å²) in [4.78, 5) is 26.0. The Morgan fingerprint density at radius 1 is 1.25 bits per heavy atom. The smallest absolute Gasteiger partial charge is 0.341 e. The third kappa shape index (κ3) is 3.99. The van der Waals surface area contributed by atoms with Gasteiger partial charge in [0.05, 0.1) is 23.6 Å². The molecule has 0 spiro atoms. The van der Waals surface area contributed by atoms with E-state index in [1.54, 1.807) is 23.3 Å². The molecule has 0 bridgehead atoms. The zero-order chi connectivity index (χ0) is 23.2. The van der Waals surface area contributed by atoms with Gasteiger partial charge in [0, 0.05) is 30.9 Å². The van der Waals surface area contributed by atoms with E-state index in [9.17, 15) is 14.7 Å². The zero-order valence-corrected chi connectivity index (χ0v) is 18.4. The molecule has 174 valence electrons. The van der Waals surface area contributed by atoms with Gasteiger partial charge in [0.25, 0.3) is 0 Å². The number of carboxylic acids is 1. The molecule has 1 aromatic heterocycles. The maximum Gasteiger partial charge on any atom is 0.341 e. The molecule has 2 aromatic rings. The third-order valence-electron chi connectivity index (χ3n) is 6.59. The number of anilines is 1. The van der Waals surface area contributed by atoms with Crippen LogP contribution in [0.4, 0.5) is 14.5 Å². The lowest BCUT2D eigenvalue weighted by Gasteiger charge is -2.40. The molecule has 9 heteroatoms. The van der Waals surface area contributed by atoms with Gasteiger partial charge in [-0.25, -0.2) is 13.6 Å². The SMILES string of the molecule is CC(C)(N)C1CN(c2c(F)cc3c(=O)c(C(=O)O)cn(C4CCCCC4)c3c2F)CCO1. The van der Waals surface area contributed by atoms with Crippen LogP contribution in [0.2, 0.25) is 0 Å². The van der Waals surface area contributed by atoms with Gasteiger partial charge >= 0.3 is 5.97 Å². The average molecular weight is 449 g/mol. The highest BCUT2D eigenvalue weighted by Gasteiger charge is 2.34. The number of nitrogens with two attached hydrogens (primary N) is 1. The molecule has 2 fully saturated rings. The maximum atomic E-state index is 16.0. The summed E-state index contributed by atoms with van der Waals surface area (Å²) in [6.45, 7) is 4.32. The average Bonchev–Trinajstić information content (AvgIpc) is 2.74. The van der Waals surface area contributed by atoms with Gasteiger partial charge in [0.15, 0.2) is 5.82 Å². The predicted octanol–water partition coefficient (Wildman–Crippen LogP) is 3.43. The molecule has 7 nitrogen and oxygen atoms in total. The molecule has 1 aromatic carbocycles. The minimum Gasteiger partial charge on any atom is -0.477 e. The van der Waals surface area contributed by atoms with Crippen LogP contribution in [-0.4, -0.2) is 47.0 Å². The van der Waals surface area contributed by atoms with E-state index in [2.05, 4.69) is 0 Å². The van der Waals surface area contributed by atoms with Gasteiger partial charge in [-0.15, -0.1) is 0 Å². The lowest BCUT2D eigenvalue weighted by Crippen LogP contribution is -2.56. The van der Waals surface area contributed by atoms with Crippen LogP contribution in [0, 0.1) is 11.6 Å². The second kappa shape index (κ2) is 8.44. The second-order valence-electron chi connectivity index (χ2n) is 9.42. The van der Waals surface area contributed by atoms with Crippen molar-refractivity contribution in [2.75, 3.05) is 24.6 Å². The normalized spacial score (nSPS) is 20.7. The second-order valence-corrected chi connectivity index (χ2v) is 9.42.